The molecule has 1 heterocycles. The van der Waals surface area contributed by atoms with E-state index in [2.05, 4.69) is 25.3 Å². The number of rotatable bonds is 9. The minimum Gasteiger partial charge on any atom is -0.497 e. The lowest BCUT2D eigenvalue weighted by Gasteiger charge is -2.12. The highest BCUT2D eigenvalue weighted by atomic mass is 32.2. The second-order valence-corrected chi connectivity index (χ2v) is 8.90. The molecule has 1 aromatic heterocycles. The largest absolute Gasteiger partial charge is 0.497 e. The molecule has 9 heteroatoms. The molecule has 0 aliphatic heterocycles. The quantitative estimate of drug-likeness (QED) is 0.436. The van der Waals surface area contributed by atoms with Crippen molar-refractivity contribution in [3.63, 3.8) is 0 Å². The van der Waals surface area contributed by atoms with Gasteiger partial charge in [0.25, 0.3) is 0 Å². The number of sulfonamides is 1. The monoisotopic (exact) mass is 441 g/mol. The second kappa shape index (κ2) is 9.76. The molecule has 0 saturated heterocycles. The van der Waals surface area contributed by atoms with Crippen molar-refractivity contribution in [3.8, 4) is 5.75 Å². The van der Waals surface area contributed by atoms with E-state index in [9.17, 15) is 8.42 Å². The Morgan fingerprint density at radius 2 is 1.68 bits per heavy atom. The highest BCUT2D eigenvalue weighted by molar-refractivity contribution is 7.89. The van der Waals surface area contributed by atoms with Gasteiger partial charge in [-0.3, -0.25) is 0 Å². The summed E-state index contributed by atoms with van der Waals surface area (Å²) in [4.78, 5) is 9.09. The molecule has 0 radical (unpaired) electrons. The normalized spacial score (nSPS) is 11.2. The van der Waals surface area contributed by atoms with E-state index in [0.29, 0.717) is 18.3 Å². The number of nitrogens with one attached hydrogen (secondary N) is 3. The SMILES string of the molecule is COc1ccc(Nc2cc(C)nc(NCCNS(=O)(=O)c3ccc(C)cc3C)n2)cc1. The van der Waals surface area contributed by atoms with Crippen molar-refractivity contribution in [3.05, 3.63) is 65.4 Å². The Morgan fingerprint density at radius 3 is 2.35 bits per heavy atom. The maximum atomic E-state index is 12.5. The van der Waals surface area contributed by atoms with E-state index in [1.165, 1.54) is 0 Å². The minimum absolute atomic E-state index is 0.203. The first-order valence-corrected chi connectivity index (χ1v) is 11.3. The van der Waals surface area contributed by atoms with Gasteiger partial charge in [-0.15, -0.1) is 0 Å². The van der Waals surface area contributed by atoms with Gasteiger partial charge < -0.3 is 15.4 Å². The van der Waals surface area contributed by atoms with E-state index in [-0.39, 0.29) is 11.4 Å². The van der Waals surface area contributed by atoms with Crippen LogP contribution in [0.2, 0.25) is 0 Å². The maximum absolute atomic E-state index is 12.5. The van der Waals surface area contributed by atoms with Crippen LogP contribution in [0, 0.1) is 20.8 Å². The minimum atomic E-state index is -3.58. The van der Waals surface area contributed by atoms with Gasteiger partial charge >= 0.3 is 0 Å². The van der Waals surface area contributed by atoms with E-state index in [4.69, 9.17) is 4.74 Å². The number of benzene rings is 2. The second-order valence-electron chi connectivity index (χ2n) is 7.17. The van der Waals surface area contributed by atoms with Crippen LogP contribution in [0.1, 0.15) is 16.8 Å². The molecular weight excluding hydrogens is 414 g/mol. The Balaban J connectivity index is 1.59. The molecule has 3 N–H and O–H groups in total. The molecule has 0 spiro atoms. The molecule has 0 bridgehead atoms. The van der Waals surface area contributed by atoms with Gasteiger partial charge in [-0.2, -0.15) is 4.98 Å². The molecule has 31 heavy (non-hydrogen) atoms. The Morgan fingerprint density at radius 1 is 0.935 bits per heavy atom. The highest BCUT2D eigenvalue weighted by Gasteiger charge is 2.16. The van der Waals surface area contributed by atoms with Crippen LogP contribution in [0.4, 0.5) is 17.5 Å². The van der Waals surface area contributed by atoms with Crippen LogP contribution in [0.15, 0.2) is 53.4 Å². The topological polar surface area (TPSA) is 105 Å². The lowest BCUT2D eigenvalue weighted by atomic mass is 10.2. The number of methoxy groups -OCH3 is 1. The lowest BCUT2D eigenvalue weighted by Crippen LogP contribution is -2.29. The molecule has 2 aromatic carbocycles. The summed E-state index contributed by atoms with van der Waals surface area (Å²) in [6.07, 6.45) is 0. The fraction of sp³-hybridized carbons (Fsp3) is 0.273. The Kier molecular flexibility index (Phi) is 7.09. The zero-order valence-corrected chi connectivity index (χ0v) is 18.9. The number of nitrogens with zero attached hydrogens (tertiary/aromatic N) is 2. The molecule has 0 atom stereocenters. The molecule has 0 aliphatic carbocycles. The van der Waals surface area contributed by atoms with Crippen molar-refractivity contribution >= 4 is 27.5 Å². The summed E-state index contributed by atoms with van der Waals surface area (Å²) in [5.41, 5.74) is 3.39. The molecule has 8 nitrogen and oxygen atoms in total. The summed E-state index contributed by atoms with van der Waals surface area (Å²) in [6.45, 7) is 6.14. The van der Waals surface area contributed by atoms with Crippen LogP contribution in [0.5, 0.6) is 5.75 Å². The predicted molar refractivity (Wildman–Crippen MR) is 123 cm³/mol. The summed E-state index contributed by atoms with van der Waals surface area (Å²) in [6, 6.07) is 14.6. The molecule has 3 aromatic rings. The van der Waals surface area contributed by atoms with Gasteiger partial charge in [-0.1, -0.05) is 17.7 Å². The summed E-state index contributed by atoms with van der Waals surface area (Å²) in [7, 11) is -1.96. The molecule has 0 fully saturated rings. The predicted octanol–water partition coefficient (Wildman–Crippen LogP) is 3.54. The third-order valence-electron chi connectivity index (χ3n) is 4.54. The summed E-state index contributed by atoms with van der Waals surface area (Å²) >= 11 is 0. The van der Waals surface area contributed by atoms with Gasteiger partial charge in [0.2, 0.25) is 16.0 Å². The molecule has 164 valence electrons. The molecule has 0 amide bonds. The van der Waals surface area contributed by atoms with Crippen LogP contribution < -0.4 is 20.1 Å². The molecule has 0 unspecified atom stereocenters. The van der Waals surface area contributed by atoms with Crippen LogP contribution in [0.3, 0.4) is 0 Å². The third kappa shape index (κ3) is 6.16. The summed E-state index contributed by atoms with van der Waals surface area (Å²) in [5, 5.41) is 6.29. The van der Waals surface area contributed by atoms with Gasteiger partial charge in [0.15, 0.2) is 0 Å². The number of aryl methyl sites for hydroxylation is 3. The smallest absolute Gasteiger partial charge is 0.240 e. The highest BCUT2D eigenvalue weighted by Crippen LogP contribution is 2.20. The van der Waals surface area contributed by atoms with E-state index < -0.39 is 10.0 Å². The Labute approximate surface area is 183 Å². The number of ether oxygens (including phenoxy) is 1. The van der Waals surface area contributed by atoms with E-state index >= 15 is 0 Å². The van der Waals surface area contributed by atoms with E-state index in [0.717, 1.165) is 28.3 Å². The standard InChI is InChI=1S/C22H27N5O3S/c1-15-5-10-20(16(2)13-15)31(28,29)24-12-11-23-22-25-17(3)14-21(27-22)26-18-6-8-19(30-4)9-7-18/h5-10,13-14,24H,11-12H2,1-4H3,(H2,23,25,26,27). The third-order valence-corrected chi connectivity index (χ3v) is 6.16. The van der Waals surface area contributed by atoms with Gasteiger partial charge in [0, 0.05) is 30.5 Å². The average molecular weight is 442 g/mol. The summed E-state index contributed by atoms with van der Waals surface area (Å²) < 4.78 is 32.9. The summed E-state index contributed by atoms with van der Waals surface area (Å²) in [5.74, 6) is 1.83. The zero-order chi connectivity index (χ0) is 22.4. The van der Waals surface area contributed by atoms with Crippen molar-refractivity contribution < 1.29 is 13.2 Å². The van der Waals surface area contributed by atoms with Gasteiger partial charge in [-0.25, -0.2) is 18.1 Å². The van der Waals surface area contributed by atoms with Crippen LogP contribution in [-0.2, 0) is 10.0 Å². The van der Waals surface area contributed by atoms with Gasteiger partial charge in [0.05, 0.1) is 12.0 Å². The van der Waals surface area contributed by atoms with Crippen LogP contribution >= 0.6 is 0 Å². The number of anilines is 3. The fourth-order valence-electron chi connectivity index (χ4n) is 3.07. The Hall–Kier alpha value is -3.17. The number of aromatic nitrogens is 2. The molecule has 0 saturated carbocycles. The van der Waals surface area contributed by atoms with Crippen molar-refractivity contribution in [1.29, 1.82) is 0 Å². The first kappa shape index (κ1) is 22.5. The average Bonchev–Trinajstić information content (AvgIpc) is 2.71. The van der Waals surface area contributed by atoms with Crippen molar-refractivity contribution in [2.75, 3.05) is 30.8 Å². The lowest BCUT2D eigenvalue weighted by molar-refractivity contribution is 0.415. The Bertz CT molecular complexity index is 1150. The van der Waals surface area contributed by atoms with Crippen LogP contribution in [0.25, 0.3) is 0 Å². The first-order chi connectivity index (χ1) is 14.8. The zero-order valence-electron chi connectivity index (χ0n) is 18.1. The number of hydrogen-bond acceptors (Lipinski definition) is 7. The van der Waals surface area contributed by atoms with E-state index in [1.54, 1.807) is 26.2 Å². The van der Waals surface area contributed by atoms with Crippen molar-refractivity contribution in [2.45, 2.75) is 25.7 Å². The fourth-order valence-corrected chi connectivity index (χ4v) is 4.33. The maximum Gasteiger partial charge on any atom is 0.240 e. The molecule has 0 aliphatic rings. The number of hydrogen-bond donors (Lipinski definition) is 3. The molecular formula is C22H27N5O3S. The van der Waals surface area contributed by atoms with Crippen molar-refractivity contribution in [2.24, 2.45) is 0 Å². The first-order valence-electron chi connectivity index (χ1n) is 9.84. The van der Waals surface area contributed by atoms with Gasteiger partial charge in [-0.05, 0) is 56.7 Å². The van der Waals surface area contributed by atoms with Crippen LogP contribution in [-0.4, -0.2) is 38.6 Å². The van der Waals surface area contributed by atoms with Gasteiger partial charge in [0.1, 0.15) is 11.6 Å². The molecule has 3 rings (SSSR count). The van der Waals surface area contributed by atoms with Crippen molar-refractivity contribution in [1.82, 2.24) is 14.7 Å². The van der Waals surface area contributed by atoms with E-state index in [1.807, 2.05) is 50.2 Å².